The Bertz CT molecular complexity index is 987. The number of methoxy groups -OCH3 is 1. The zero-order chi connectivity index (χ0) is 21.1. The van der Waals surface area contributed by atoms with Gasteiger partial charge < -0.3 is 14.8 Å². The number of nitrogens with zero attached hydrogens (tertiary/aromatic N) is 1. The van der Waals surface area contributed by atoms with E-state index in [1.54, 1.807) is 13.2 Å². The van der Waals surface area contributed by atoms with Crippen LogP contribution in [0.3, 0.4) is 0 Å². The third-order valence-corrected chi connectivity index (χ3v) is 6.09. The van der Waals surface area contributed by atoms with E-state index in [1.165, 1.54) is 4.58 Å². The number of carbonyl (C=O) groups is 2. The van der Waals surface area contributed by atoms with Gasteiger partial charge >= 0.3 is 5.91 Å². The van der Waals surface area contributed by atoms with Gasteiger partial charge in [-0.1, -0.05) is 31.1 Å². The summed E-state index contributed by atoms with van der Waals surface area (Å²) in [6.45, 7) is -0.0215. The molecule has 156 valence electrons. The number of hydrogen-bond donors (Lipinski definition) is 1. The molecule has 1 aromatic rings. The number of amides is 2. The molecule has 0 spiro atoms. The molecule has 30 heavy (non-hydrogen) atoms. The van der Waals surface area contributed by atoms with Gasteiger partial charge in [0.05, 0.1) is 11.6 Å². The number of hydrogen-bond acceptors (Lipinski definition) is 4. The van der Waals surface area contributed by atoms with Crippen molar-refractivity contribution in [1.29, 1.82) is 0 Å². The van der Waals surface area contributed by atoms with Crippen molar-refractivity contribution in [3.05, 3.63) is 58.3 Å². The largest absolute Gasteiger partial charge is 0.496 e. The molecule has 7 heteroatoms. The van der Waals surface area contributed by atoms with Crippen molar-refractivity contribution in [3.8, 4) is 5.75 Å². The molecule has 2 amide bonds. The third kappa shape index (κ3) is 4.41. The molecule has 0 radical (unpaired) electrons. The van der Waals surface area contributed by atoms with Gasteiger partial charge in [0.1, 0.15) is 5.75 Å². The zero-order valence-corrected chi connectivity index (χ0v) is 18.4. The molecule has 1 N–H and O–H groups in total. The van der Waals surface area contributed by atoms with Crippen LogP contribution in [0.1, 0.15) is 31.2 Å². The Kier molecular flexibility index (Phi) is 6.18. The Balaban J connectivity index is 1.60. The molecule has 0 saturated heterocycles. The lowest BCUT2D eigenvalue weighted by Gasteiger charge is -2.23. The van der Waals surface area contributed by atoms with E-state index in [4.69, 9.17) is 9.47 Å². The summed E-state index contributed by atoms with van der Waals surface area (Å²) >= 11 is 3.46. The average molecular weight is 472 g/mol. The highest BCUT2D eigenvalue weighted by Gasteiger charge is 2.40. The van der Waals surface area contributed by atoms with E-state index in [9.17, 15) is 9.59 Å². The number of allylic oxidation sites excluding steroid dienone is 2. The first-order valence-corrected chi connectivity index (χ1v) is 10.9. The first kappa shape index (κ1) is 20.6. The van der Waals surface area contributed by atoms with E-state index < -0.39 is 6.10 Å². The molecule has 1 heterocycles. The van der Waals surface area contributed by atoms with Gasteiger partial charge in [0.2, 0.25) is 24.1 Å². The van der Waals surface area contributed by atoms with Gasteiger partial charge in [-0.2, -0.15) is 0 Å². The first-order chi connectivity index (χ1) is 14.5. The molecular weight excluding hydrogens is 448 g/mol. The zero-order valence-electron chi connectivity index (χ0n) is 16.8. The molecule has 1 aliphatic heterocycles. The molecule has 4 rings (SSSR count). The van der Waals surface area contributed by atoms with Crippen LogP contribution in [0.25, 0.3) is 6.08 Å². The van der Waals surface area contributed by atoms with E-state index >= 15 is 0 Å². The minimum atomic E-state index is -0.403. The first-order valence-electron chi connectivity index (χ1n) is 10.1. The third-order valence-electron chi connectivity index (χ3n) is 5.47. The Hall–Kier alpha value is -2.67. The van der Waals surface area contributed by atoms with Crippen LogP contribution < -0.4 is 10.1 Å². The monoisotopic (exact) mass is 471 g/mol. The van der Waals surface area contributed by atoms with Gasteiger partial charge in [-0.3, -0.25) is 4.79 Å². The highest BCUT2D eigenvalue weighted by Crippen LogP contribution is 2.28. The van der Waals surface area contributed by atoms with Crippen molar-refractivity contribution in [2.75, 3.05) is 13.7 Å². The summed E-state index contributed by atoms with van der Waals surface area (Å²) in [6.07, 6.45) is 13.0. The van der Waals surface area contributed by atoms with Crippen molar-refractivity contribution in [2.24, 2.45) is 0 Å². The van der Waals surface area contributed by atoms with Crippen molar-refractivity contribution in [1.82, 2.24) is 5.32 Å². The quantitative estimate of drug-likeness (QED) is 0.527. The minimum Gasteiger partial charge on any atom is -0.496 e. The van der Waals surface area contributed by atoms with Crippen molar-refractivity contribution < 1.29 is 23.6 Å². The summed E-state index contributed by atoms with van der Waals surface area (Å²) in [5.41, 5.74) is 1.47. The van der Waals surface area contributed by atoms with Crippen LogP contribution in [-0.4, -0.2) is 47.9 Å². The van der Waals surface area contributed by atoms with Crippen LogP contribution in [0.2, 0.25) is 0 Å². The molecule has 0 bridgehead atoms. The summed E-state index contributed by atoms with van der Waals surface area (Å²) in [5, 5.41) is 3.06. The topological polar surface area (TPSA) is 67.6 Å². The summed E-state index contributed by atoms with van der Waals surface area (Å²) in [6, 6.07) is 5.73. The maximum atomic E-state index is 13.2. The SMILES string of the molecule is COc1ccc(/C=C2/OC3C=CC=CC3=[N+](CC(=O)NC3CCCC3)C2=O)cc1Br. The Morgan fingerprint density at radius 1 is 1.33 bits per heavy atom. The van der Waals surface area contributed by atoms with Crippen LogP contribution in [0.15, 0.2) is 52.7 Å². The summed E-state index contributed by atoms with van der Waals surface area (Å²) in [7, 11) is 1.60. The minimum absolute atomic E-state index is 0.0215. The van der Waals surface area contributed by atoms with Crippen molar-refractivity contribution in [2.45, 2.75) is 37.8 Å². The predicted molar refractivity (Wildman–Crippen MR) is 117 cm³/mol. The molecule has 1 atom stereocenters. The lowest BCUT2D eigenvalue weighted by Crippen LogP contribution is -2.47. The lowest BCUT2D eigenvalue weighted by atomic mass is 10.1. The van der Waals surface area contributed by atoms with Crippen molar-refractivity contribution in [3.63, 3.8) is 0 Å². The van der Waals surface area contributed by atoms with Crippen LogP contribution in [0, 0.1) is 0 Å². The van der Waals surface area contributed by atoms with Gasteiger partial charge in [-0.05, 0) is 58.6 Å². The number of fused-ring (bicyclic) bond motifs is 1. The summed E-state index contributed by atoms with van der Waals surface area (Å²) in [5.74, 6) is 0.441. The second-order valence-electron chi connectivity index (χ2n) is 7.55. The lowest BCUT2D eigenvalue weighted by molar-refractivity contribution is -0.443. The number of ether oxygens (including phenoxy) is 2. The normalized spacial score (nSPS) is 22.3. The van der Waals surface area contributed by atoms with Crippen LogP contribution >= 0.6 is 15.9 Å². The Labute approximate surface area is 184 Å². The van der Waals surface area contributed by atoms with E-state index in [2.05, 4.69) is 21.2 Å². The second-order valence-corrected chi connectivity index (χ2v) is 8.40. The number of benzene rings is 1. The molecule has 1 aromatic carbocycles. The number of rotatable bonds is 5. The maximum Gasteiger partial charge on any atom is 0.455 e. The molecular formula is C23H24BrN2O4+. The Morgan fingerprint density at radius 3 is 2.87 bits per heavy atom. The standard InChI is InChI=1S/C23H23BrN2O4/c1-29-19-11-10-15(12-17(19)24)13-21-23(28)26(18-8-4-5-9-20(18)30-21)14-22(27)25-16-6-2-3-7-16/h4-5,8-13,16,20H,2-3,6-7,14H2,1H3/p+1/b21-13+. The number of nitrogens with one attached hydrogen (secondary N) is 1. The predicted octanol–water partition coefficient (Wildman–Crippen LogP) is 3.36. The molecule has 1 fully saturated rings. The molecule has 0 aromatic heterocycles. The van der Waals surface area contributed by atoms with Gasteiger partial charge in [0, 0.05) is 12.1 Å². The van der Waals surface area contributed by atoms with E-state index in [0.29, 0.717) is 11.5 Å². The fourth-order valence-electron chi connectivity index (χ4n) is 3.96. The average Bonchev–Trinajstić information content (AvgIpc) is 3.24. The fourth-order valence-corrected chi connectivity index (χ4v) is 4.52. The fraction of sp³-hybridized carbons (Fsp3) is 0.348. The smallest absolute Gasteiger partial charge is 0.455 e. The number of carbonyl (C=O) groups excluding carboxylic acids is 2. The molecule has 1 unspecified atom stereocenters. The van der Waals surface area contributed by atoms with Gasteiger partial charge in [-0.25, -0.2) is 4.79 Å². The maximum absolute atomic E-state index is 13.2. The van der Waals surface area contributed by atoms with Gasteiger partial charge in [0.25, 0.3) is 5.91 Å². The molecule has 6 nitrogen and oxygen atoms in total. The van der Waals surface area contributed by atoms with Crippen LogP contribution in [-0.2, 0) is 14.3 Å². The highest BCUT2D eigenvalue weighted by molar-refractivity contribution is 9.10. The highest BCUT2D eigenvalue weighted by atomic mass is 79.9. The molecule has 1 saturated carbocycles. The summed E-state index contributed by atoms with van der Waals surface area (Å²) < 4.78 is 13.5. The second kappa shape index (κ2) is 9.00. The number of halogens is 1. The Morgan fingerprint density at radius 2 is 2.13 bits per heavy atom. The van der Waals surface area contributed by atoms with Crippen LogP contribution in [0.4, 0.5) is 0 Å². The van der Waals surface area contributed by atoms with Crippen LogP contribution in [0.5, 0.6) is 5.75 Å². The van der Waals surface area contributed by atoms with E-state index in [1.807, 2.05) is 42.5 Å². The van der Waals surface area contributed by atoms with Gasteiger partial charge in [-0.15, -0.1) is 4.58 Å². The molecule has 2 aliphatic carbocycles. The van der Waals surface area contributed by atoms with E-state index in [0.717, 1.165) is 35.7 Å². The van der Waals surface area contributed by atoms with E-state index in [-0.39, 0.29) is 30.2 Å². The van der Waals surface area contributed by atoms with Crippen molar-refractivity contribution >= 4 is 39.5 Å². The summed E-state index contributed by atoms with van der Waals surface area (Å²) in [4.78, 5) is 25.8. The van der Waals surface area contributed by atoms with Gasteiger partial charge in [0.15, 0.2) is 0 Å². The molecule has 3 aliphatic rings.